The fraction of sp³-hybridized carbons (Fsp3) is 0.579. The van der Waals surface area contributed by atoms with Gasteiger partial charge in [0.15, 0.2) is 0 Å². The third-order valence-corrected chi connectivity index (χ3v) is 4.39. The molecule has 2 heteroatoms. The van der Waals surface area contributed by atoms with Gasteiger partial charge in [-0.15, -0.1) is 0 Å². The minimum absolute atomic E-state index is 0.371. The van der Waals surface area contributed by atoms with Gasteiger partial charge in [0.05, 0.1) is 0 Å². The van der Waals surface area contributed by atoms with Gasteiger partial charge in [0.25, 0.3) is 0 Å². The van der Waals surface area contributed by atoms with Crippen molar-refractivity contribution in [3.8, 4) is 5.75 Å². The van der Waals surface area contributed by atoms with Crippen LogP contribution in [0.3, 0.4) is 0 Å². The number of unbranched alkanes of at least 4 members (excludes halogenated alkanes) is 1. The average molecular weight is 287 g/mol. The Morgan fingerprint density at radius 2 is 2.00 bits per heavy atom. The molecule has 0 saturated carbocycles. The van der Waals surface area contributed by atoms with Crippen molar-refractivity contribution < 1.29 is 5.11 Å². The number of nitrogens with zero attached hydrogens (tertiary/aromatic N) is 1. The van der Waals surface area contributed by atoms with E-state index in [-0.39, 0.29) is 0 Å². The van der Waals surface area contributed by atoms with Crippen molar-refractivity contribution in [1.29, 1.82) is 0 Å². The molecule has 0 amide bonds. The van der Waals surface area contributed by atoms with Gasteiger partial charge in [-0.1, -0.05) is 31.9 Å². The van der Waals surface area contributed by atoms with Crippen LogP contribution in [0.4, 0.5) is 0 Å². The molecule has 2 nitrogen and oxygen atoms in total. The number of aryl methyl sites for hydroxylation is 1. The summed E-state index contributed by atoms with van der Waals surface area (Å²) in [5, 5.41) is 9.79. The Labute approximate surface area is 129 Å². The van der Waals surface area contributed by atoms with E-state index in [1.165, 1.54) is 55.5 Å². The van der Waals surface area contributed by atoms with Crippen LogP contribution in [0, 0.1) is 6.92 Å². The Balaban J connectivity index is 2.08. The van der Waals surface area contributed by atoms with Crippen molar-refractivity contribution in [3.63, 3.8) is 0 Å². The molecule has 1 fully saturated rings. The molecule has 0 unspecified atom stereocenters. The van der Waals surface area contributed by atoms with Crippen LogP contribution in [0.5, 0.6) is 5.75 Å². The van der Waals surface area contributed by atoms with E-state index in [2.05, 4.69) is 24.8 Å². The lowest BCUT2D eigenvalue weighted by molar-refractivity contribution is 0.234. The minimum atomic E-state index is 0.371. The van der Waals surface area contributed by atoms with E-state index >= 15 is 0 Å². The number of likely N-dealkylation sites (tertiary alicyclic amines) is 1. The summed E-state index contributed by atoms with van der Waals surface area (Å²) in [6, 6.07) is 5.72. The molecule has 1 aliphatic rings. The van der Waals surface area contributed by atoms with Crippen molar-refractivity contribution in [1.82, 2.24) is 4.90 Å². The van der Waals surface area contributed by atoms with Crippen molar-refractivity contribution in [2.45, 2.75) is 52.4 Å². The van der Waals surface area contributed by atoms with E-state index < -0.39 is 0 Å². The molecular formula is C19H29NO. The van der Waals surface area contributed by atoms with Crippen molar-refractivity contribution in [2.75, 3.05) is 19.6 Å². The Bertz CT molecular complexity index is 472. The lowest BCUT2D eigenvalue weighted by Gasteiger charge is -2.27. The number of phenols is 1. The molecule has 0 spiro atoms. The molecule has 0 aromatic heterocycles. The van der Waals surface area contributed by atoms with E-state index in [4.69, 9.17) is 0 Å². The second-order valence-electron chi connectivity index (χ2n) is 6.17. The molecule has 116 valence electrons. The Kier molecular flexibility index (Phi) is 6.31. The van der Waals surface area contributed by atoms with E-state index in [1.54, 1.807) is 6.07 Å². The number of allylic oxidation sites excluding steroid dienone is 1. The second kappa shape index (κ2) is 8.23. The molecule has 1 saturated heterocycles. The van der Waals surface area contributed by atoms with Gasteiger partial charge in [-0.25, -0.2) is 0 Å². The van der Waals surface area contributed by atoms with Crippen LogP contribution in [0.15, 0.2) is 24.3 Å². The SMILES string of the molecule is CCC/C=C(/CCN1CCCCC1)c1cc(O)ccc1C. The molecule has 1 aromatic rings. The molecule has 1 N–H and O–H groups in total. The highest BCUT2D eigenvalue weighted by molar-refractivity contribution is 5.69. The van der Waals surface area contributed by atoms with E-state index in [0.717, 1.165) is 19.4 Å². The minimum Gasteiger partial charge on any atom is -0.508 e. The third-order valence-electron chi connectivity index (χ3n) is 4.39. The molecule has 0 atom stereocenters. The molecule has 1 heterocycles. The van der Waals surface area contributed by atoms with Crippen LogP contribution in [0.25, 0.3) is 5.57 Å². The summed E-state index contributed by atoms with van der Waals surface area (Å²) < 4.78 is 0. The van der Waals surface area contributed by atoms with Crippen LogP contribution < -0.4 is 0 Å². The third kappa shape index (κ3) is 4.89. The van der Waals surface area contributed by atoms with Gasteiger partial charge in [-0.05, 0) is 74.5 Å². The smallest absolute Gasteiger partial charge is 0.116 e. The van der Waals surface area contributed by atoms with Crippen LogP contribution in [-0.4, -0.2) is 29.6 Å². The van der Waals surface area contributed by atoms with Gasteiger partial charge in [0.2, 0.25) is 0 Å². The largest absolute Gasteiger partial charge is 0.508 e. The summed E-state index contributed by atoms with van der Waals surface area (Å²) in [7, 11) is 0. The van der Waals surface area contributed by atoms with Gasteiger partial charge in [0.1, 0.15) is 5.75 Å². The van der Waals surface area contributed by atoms with Gasteiger partial charge in [0, 0.05) is 6.54 Å². The molecule has 0 radical (unpaired) electrons. The number of rotatable bonds is 6. The normalized spacial score (nSPS) is 17.1. The zero-order valence-electron chi connectivity index (χ0n) is 13.6. The predicted molar refractivity (Wildman–Crippen MR) is 90.6 cm³/mol. The number of hydrogen-bond acceptors (Lipinski definition) is 2. The zero-order chi connectivity index (χ0) is 15.1. The highest BCUT2D eigenvalue weighted by Crippen LogP contribution is 2.27. The highest BCUT2D eigenvalue weighted by Gasteiger charge is 2.12. The van der Waals surface area contributed by atoms with Crippen molar-refractivity contribution in [3.05, 3.63) is 35.4 Å². The zero-order valence-corrected chi connectivity index (χ0v) is 13.6. The van der Waals surface area contributed by atoms with Gasteiger partial charge < -0.3 is 10.0 Å². The monoisotopic (exact) mass is 287 g/mol. The van der Waals surface area contributed by atoms with Crippen LogP contribution in [0.1, 0.15) is 56.6 Å². The maximum atomic E-state index is 9.79. The van der Waals surface area contributed by atoms with E-state index in [1.807, 2.05) is 12.1 Å². The number of phenolic OH excluding ortho intramolecular Hbond substituents is 1. The molecule has 21 heavy (non-hydrogen) atoms. The first-order valence-corrected chi connectivity index (χ1v) is 8.42. The fourth-order valence-electron chi connectivity index (χ4n) is 3.08. The number of hydrogen-bond donors (Lipinski definition) is 1. The van der Waals surface area contributed by atoms with Crippen molar-refractivity contribution >= 4 is 5.57 Å². The fourth-order valence-corrected chi connectivity index (χ4v) is 3.08. The second-order valence-corrected chi connectivity index (χ2v) is 6.17. The van der Waals surface area contributed by atoms with Gasteiger partial charge in [-0.3, -0.25) is 0 Å². The molecule has 0 aliphatic carbocycles. The van der Waals surface area contributed by atoms with Crippen LogP contribution in [0.2, 0.25) is 0 Å². The predicted octanol–water partition coefficient (Wildman–Crippen LogP) is 4.76. The topological polar surface area (TPSA) is 23.5 Å². The summed E-state index contributed by atoms with van der Waals surface area (Å²) in [6.45, 7) is 7.99. The maximum Gasteiger partial charge on any atom is 0.116 e. The molecule has 1 aliphatic heterocycles. The summed E-state index contributed by atoms with van der Waals surface area (Å²) in [4.78, 5) is 2.58. The molecule has 1 aromatic carbocycles. The van der Waals surface area contributed by atoms with Crippen LogP contribution >= 0.6 is 0 Å². The molecular weight excluding hydrogens is 258 g/mol. The first kappa shape index (κ1) is 16.1. The average Bonchev–Trinajstić information content (AvgIpc) is 2.51. The van der Waals surface area contributed by atoms with E-state index in [0.29, 0.717) is 5.75 Å². The Morgan fingerprint density at radius 1 is 1.24 bits per heavy atom. The number of benzene rings is 1. The quantitative estimate of drug-likeness (QED) is 0.815. The standard InChI is InChI=1S/C19H29NO/c1-3-4-8-17(11-14-20-12-6-5-7-13-20)19-15-18(21)10-9-16(19)2/h8-10,15,21H,3-7,11-14H2,1-2H3/b17-8-. The first-order valence-electron chi connectivity index (χ1n) is 8.42. The number of aromatic hydroxyl groups is 1. The molecule has 0 bridgehead atoms. The molecule has 2 rings (SSSR count). The van der Waals surface area contributed by atoms with Gasteiger partial charge in [-0.2, -0.15) is 0 Å². The van der Waals surface area contributed by atoms with Crippen molar-refractivity contribution in [2.24, 2.45) is 0 Å². The number of piperidine rings is 1. The lowest BCUT2D eigenvalue weighted by Crippen LogP contribution is -2.30. The summed E-state index contributed by atoms with van der Waals surface area (Å²) in [6.07, 6.45) is 9.82. The van der Waals surface area contributed by atoms with E-state index in [9.17, 15) is 5.11 Å². The Hall–Kier alpha value is -1.28. The highest BCUT2D eigenvalue weighted by atomic mass is 16.3. The summed E-state index contributed by atoms with van der Waals surface area (Å²) in [5.41, 5.74) is 3.88. The van der Waals surface area contributed by atoms with Crippen LogP contribution in [-0.2, 0) is 0 Å². The lowest BCUT2D eigenvalue weighted by atomic mass is 9.96. The Morgan fingerprint density at radius 3 is 2.71 bits per heavy atom. The van der Waals surface area contributed by atoms with Gasteiger partial charge >= 0.3 is 0 Å². The summed E-state index contributed by atoms with van der Waals surface area (Å²) >= 11 is 0. The summed E-state index contributed by atoms with van der Waals surface area (Å²) in [5.74, 6) is 0.371. The maximum absolute atomic E-state index is 9.79. The first-order chi connectivity index (χ1) is 10.2.